The van der Waals surface area contributed by atoms with Crippen molar-refractivity contribution in [1.82, 2.24) is 0 Å². The van der Waals surface area contributed by atoms with E-state index in [9.17, 15) is 4.79 Å². The molecule has 7 heteroatoms. The Morgan fingerprint density at radius 3 is 2.55 bits per heavy atom. The van der Waals surface area contributed by atoms with Gasteiger partial charge < -0.3 is 15.7 Å². The number of hydrogen-bond donors (Lipinski definition) is 2. The second-order valence-electron chi connectivity index (χ2n) is 1.40. The van der Waals surface area contributed by atoms with Gasteiger partial charge in [0.2, 0.25) is 5.71 Å². The average Bonchev–Trinajstić information content (AvgIpc) is 1.98. The SMILES string of the molecule is CO/N=C(\C(=O)O)C(N)=NCl. The van der Waals surface area contributed by atoms with Crippen molar-refractivity contribution in [2.75, 3.05) is 7.11 Å². The first-order chi connectivity index (χ1) is 5.13. The van der Waals surface area contributed by atoms with Crippen molar-refractivity contribution < 1.29 is 14.7 Å². The normalized spacial score (nSPS) is 12.9. The summed E-state index contributed by atoms with van der Waals surface area (Å²) in [4.78, 5) is 14.4. The topological polar surface area (TPSA) is 97.3 Å². The molecule has 11 heavy (non-hydrogen) atoms. The first kappa shape index (κ1) is 9.70. The molecular weight excluding hydrogens is 174 g/mol. The van der Waals surface area contributed by atoms with Crippen LogP contribution in [-0.4, -0.2) is 29.7 Å². The van der Waals surface area contributed by atoms with Crippen LogP contribution in [0.2, 0.25) is 0 Å². The molecule has 62 valence electrons. The lowest BCUT2D eigenvalue weighted by atomic mass is 10.4. The van der Waals surface area contributed by atoms with Gasteiger partial charge in [-0.05, 0) is 0 Å². The summed E-state index contributed by atoms with van der Waals surface area (Å²) in [6.07, 6.45) is 0. The van der Waals surface area contributed by atoms with Crippen LogP contribution in [0.3, 0.4) is 0 Å². The van der Waals surface area contributed by atoms with E-state index in [-0.39, 0.29) is 0 Å². The molecule has 0 radical (unpaired) electrons. The summed E-state index contributed by atoms with van der Waals surface area (Å²) in [6, 6.07) is 0. The van der Waals surface area contributed by atoms with Crippen LogP contribution in [0.1, 0.15) is 0 Å². The van der Waals surface area contributed by atoms with Crippen molar-refractivity contribution in [2.45, 2.75) is 0 Å². The van der Waals surface area contributed by atoms with Crippen molar-refractivity contribution in [1.29, 1.82) is 0 Å². The Morgan fingerprint density at radius 2 is 2.27 bits per heavy atom. The molecule has 0 aromatic carbocycles. The molecule has 0 saturated heterocycles. The fourth-order valence-electron chi connectivity index (χ4n) is 0.327. The standard InChI is InChI=1S/C4H6ClN3O3/c1-11-8-2(4(9)10)3(6)7-5/h1H3,(H2,6,7)(H,9,10)/b8-2-. The highest BCUT2D eigenvalue weighted by atomic mass is 35.5. The molecule has 0 unspecified atom stereocenters. The molecule has 0 atom stereocenters. The van der Waals surface area contributed by atoms with Gasteiger partial charge in [0.1, 0.15) is 7.11 Å². The van der Waals surface area contributed by atoms with Crippen molar-refractivity contribution in [3.05, 3.63) is 0 Å². The van der Waals surface area contributed by atoms with E-state index in [4.69, 9.17) is 22.6 Å². The van der Waals surface area contributed by atoms with Crippen LogP contribution >= 0.6 is 11.8 Å². The van der Waals surface area contributed by atoms with Gasteiger partial charge in [0, 0.05) is 11.8 Å². The average molecular weight is 180 g/mol. The monoisotopic (exact) mass is 179 g/mol. The predicted octanol–water partition coefficient (Wildman–Crippen LogP) is -0.416. The Morgan fingerprint density at radius 1 is 1.73 bits per heavy atom. The number of carboxylic acid groups (broad SMARTS) is 1. The van der Waals surface area contributed by atoms with E-state index in [2.05, 4.69) is 14.5 Å². The van der Waals surface area contributed by atoms with Crippen LogP contribution in [-0.2, 0) is 9.63 Å². The van der Waals surface area contributed by atoms with Gasteiger partial charge in [0.05, 0.1) is 0 Å². The maximum absolute atomic E-state index is 10.3. The van der Waals surface area contributed by atoms with Crippen LogP contribution in [0.15, 0.2) is 9.67 Å². The lowest BCUT2D eigenvalue weighted by Gasteiger charge is -1.95. The van der Waals surface area contributed by atoms with Gasteiger partial charge in [-0.1, -0.05) is 5.16 Å². The highest BCUT2D eigenvalue weighted by molar-refractivity contribution is 6.65. The van der Waals surface area contributed by atoms with E-state index in [0.29, 0.717) is 0 Å². The first-order valence-corrected chi connectivity index (χ1v) is 2.76. The summed E-state index contributed by atoms with van der Waals surface area (Å²) < 4.78 is 2.90. The second kappa shape index (κ2) is 4.51. The van der Waals surface area contributed by atoms with Gasteiger partial charge in [0.25, 0.3) is 0 Å². The summed E-state index contributed by atoms with van der Waals surface area (Å²) >= 11 is 4.89. The molecule has 0 saturated carbocycles. The first-order valence-electron chi connectivity index (χ1n) is 2.42. The molecule has 0 aliphatic heterocycles. The number of carboxylic acids is 1. The van der Waals surface area contributed by atoms with Gasteiger partial charge in [-0.25, -0.2) is 4.79 Å². The molecule has 0 rings (SSSR count). The van der Waals surface area contributed by atoms with Crippen molar-refractivity contribution in [3.8, 4) is 0 Å². The minimum Gasteiger partial charge on any atom is -0.476 e. The van der Waals surface area contributed by atoms with Crippen LogP contribution in [0.5, 0.6) is 0 Å². The number of rotatable bonds is 3. The van der Waals surface area contributed by atoms with E-state index < -0.39 is 17.5 Å². The lowest BCUT2D eigenvalue weighted by Crippen LogP contribution is -2.30. The Balaban J connectivity index is 4.62. The maximum Gasteiger partial charge on any atom is 0.361 e. The number of hydrogen-bond acceptors (Lipinski definition) is 4. The van der Waals surface area contributed by atoms with Crippen LogP contribution in [0, 0.1) is 0 Å². The van der Waals surface area contributed by atoms with Crippen LogP contribution in [0.4, 0.5) is 0 Å². The molecule has 6 nitrogen and oxygen atoms in total. The number of nitrogens with zero attached hydrogens (tertiary/aromatic N) is 2. The zero-order valence-electron chi connectivity index (χ0n) is 5.61. The van der Waals surface area contributed by atoms with Crippen LogP contribution < -0.4 is 5.73 Å². The minimum absolute atomic E-state index is 0.402. The molecule has 0 bridgehead atoms. The number of carbonyl (C=O) groups is 1. The zero-order valence-corrected chi connectivity index (χ0v) is 6.37. The summed E-state index contributed by atoms with van der Waals surface area (Å²) in [5.41, 5.74) is 4.51. The molecular formula is C4H6ClN3O3. The van der Waals surface area contributed by atoms with Crippen molar-refractivity contribution >= 4 is 29.3 Å². The van der Waals surface area contributed by atoms with Gasteiger partial charge in [-0.2, -0.15) is 4.51 Å². The lowest BCUT2D eigenvalue weighted by molar-refractivity contribution is -0.129. The third kappa shape index (κ3) is 2.85. The Labute approximate surface area is 67.4 Å². The molecule has 0 fully saturated rings. The van der Waals surface area contributed by atoms with E-state index in [1.165, 1.54) is 7.11 Å². The highest BCUT2D eigenvalue weighted by Gasteiger charge is 2.14. The number of halogens is 1. The smallest absolute Gasteiger partial charge is 0.361 e. The van der Waals surface area contributed by atoms with Gasteiger partial charge >= 0.3 is 5.97 Å². The Kier molecular flexibility index (Phi) is 3.97. The molecule has 3 N–H and O–H groups in total. The second-order valence-corrected chi connectivity index (χ2v) is 1.57. The predicted molar refractivity (Wildman–Crippen MR) is 39.6 cm³/mol. The van der Waals surface area contributed by atoms with Crippen molar-refractivity contribution in [2.24, 2.45) is 15.4 Å². The number of aliphatic carboxylic acids is 1. The molecule has 0 amide bonds. The van der Waals surface area contributed by atoms with Crippen molar-refractivity contribution in [3.63, 3.8) is 0 Å². The Hall–Kier alpha value is -1.30. The Bertz CT molecular complexity index is 213. The number of oxime groups is 1. The van der Waals surface area contributed by atoms with E-state index in [0.717, 1.165) is 0 Å². The molecule has 0 aliphatic carbocycles. The van der Waals surface area contributed by atoms with Gasteiger partial charge in [-0.15, -0.1) is 0 Å². The largest absolute Gasteiger partial charge is 0.476 e. The minimum atomic E-state index is -1.35. The molecule has 0 aromatic heterocycles. The van der Waals surface area contributed by atoms with Gasteiger partial charge in [0.15, 0.2) is 5.84 Å². The van der Waals surface area contributed by atoms with E-state index in [1.807, 2.05) is 0 Å². The fraction of sp³-hybridized carbons (Fsp3) is 0.250. The maximum atomic E-state index is 10.3. The quantitative estimate of drug-likeness (QED) is 0.349. The summed E-state index contributed by atoms with van der Waals surface area (Å²) in [5, 5.41) is 11.4. The molecule has 0 spiro atoms. The number of amidine groups is 1. The molecule has 0 aromatic rings. The zero-order chi connectivity index (χ0) is 8.85. The third-order valence-electron chi connectivity index (χ3n) is 0.719. The summed E-state index contributed by atoms with van der Waals surface area (Å²) in [7, 11) is 1.18. The molecule has 0 aliphatic rings. The van der Waals surface area contributed by atoms with E-state index in [1.54, 1.807) is 0 Å². The molecule has 0 heterocycles. The van der Waals surface area contributed by atoms with Crippen LogP contribution in [0.25, 0.3) is 0 Å². The highest BCUT2D eigenvalue weighted by Crippen LogP contribution is 1.85. The van der Waals surface area contributed by atoms with Gasteiger partial charge in [-0.3, -0.25) is 0 Å². The third-order valence-corrected chi connectivity index (χ3v) is 0.901. The van der Waals surface area contributed by atoms with E-state index >= 15 is 0 Å². The number of nitrogens with two attached hydrogens (primary N) is 1. The summed E-state index contributed by atoms with van der Waals surface area (Å²) in [6.45, 7) is 0. The summed E-state index contributed by atoms with van der Waals surface area (Å²) in [5.74, 6) is -1.75. The fourth-order valence-corrected chi connectivity index (χ4v) is 0.407.